The fraction of sp³-hybridized carbons (Fsp3) is 0. The van der Waals surface area contributed by atoms with Crippen molar-refractivity contribution in [3.63, 3.8) is 0 Å². The third kappa shape index (κ3) is 80.3. The maximum Gasteiger partial charge on any atom is 4.00 e. The third-order valence-electron chi connectivity index (χ3n) is 0. The summed E-state index contributed by atoms with van der Waals surface area (Å²) in [5, 5.41) is 0. The third-order valence-corrected chi connectivity index (χ3v) is 0. The summed E-state index contributed by atoms with van der Waals surface area (Å²) in [7, 11) is 0. The van der Waals surface area contributed by atoms with Crippen LogP contribution in [0.25, 0.3) is 0 Å². The smallest absolute Gasteiger partial charge is 1.00 e. The van der Waals surface area contributed by atoms with E-state index >= 15 is 0 Å². The van der Waals surface area contributed by atoms with Crippen molar-refractivity contribution < 1.29 is 95.5 Å². The Kier molecular flexibility index (Phi) is 2320. The molecule has 0 spiro atoms. The molecule has 8 heteroatoms. The van der Waals surface area contributed by atoms with Gasteiger partial charge in [-0.1, -0.05) is 0 Å². The van der Waals surface area contributed by atoms with Crippen LogP contribution in [0.3, 0.4) is 0 Å². The van der Waals surface area contributed by atoms with E-state index in [0.717, 1.165) is 0 Å². The fourth-order valence-electron chi connectivity index (χ4n) is 0. The van der Waals surface area contributed by atoms with Crippen LogP contribution in [-0.4, -0.2) is 0 Å². The van der Waals surface area contributed by atoms with Crippen molar-refractivity contribution in [2.24, 2.45) is 0 Å². The van der Waals surface area contributed by atoms with Crippen LogP contribution in [0.15, 0.2) is 0 Å². The first-order valence-electron chi connectivity index (χ1n) is 0. The summed E-state index contributed by atoms with van der Waals surface area (Å²) in [5.74, 6) is 0. The van der Waals surface area contributed by atoms with Crippen molar-refractivity contribution in [1.29, 1.82) is 0 Å². The van der Waals surface area contributed by atoms with Crippen LogP contribution in [-0.2, 0) is 21.1 Å². The van der Waals surface area contributed by atoms with Gasteiger partial charge in [0, 0.05) is 0 Å². The Bertz CT molecular complexity index is 8.49. The first-order valence-corrected chi connectivity index (χ1v) is 0. The zero-order valence-electron chi connectivity index (χ0n) is 3.58. The van der Waals surface area contributed by atoms with Gasteiger partial charge in [-0.15, -0.1) is 0 Å². The van der Waals surface area contributed by atoms with E-state index < -0.39 is 0 Å². The van der Waals surface area contributed by atoms with Crippen LogP contribution in [0.4, 0.5) is 0 Å². The number of rotatable bonds is 0. The second kappa shape index (κ2) is 116. The molecule has 0 saturated carbocycles. The van der Waals surface area contributed by atoms with Crippen molar-refractivity contribution in [2.45, 2.75) is 0 Å². The largest absolute Gasteiger partial charge is 4.00 e. The Balaban J connectivity index is 0. The molecule has 0 bridgehead atoms. The van der Waals surface area contributed by atoms with Crippen molar-refractivity contribution in [2.75, 3.05) is 0 Å². The van der Waals surface area contributed by atoms with Crippen molar-refractivity contribution >= 4 is 0 Å². The van der Waals surface area contributed by atoms with Gasteiger partial charge in [0.25, 0.3) is 0 Å². The van der Waals surface area contributed by atoms with E-state index in [-0.39, 0.29) is 102 Å². The second-order valence-corrected chi connectivity index (χ2v) is 0. The van der Waals surface area contributed by atoms with Gasteiger partial charge in [0.15, 0.2) is 0 Å². The van der Waals surface area contributed by atoms with Crippen molar-refractivity contribution in [3.05, 3.63) is 0 Å². The standard InChI is InChI=1S/6ClH.H3N.Pt/h6*1H;1H3;/q;;;;;;;+4/p-5. The first kappa shape index (κ1) is 161. The molecule has 0 atom stereocenters. The molecule has 8 heavy (non-hydrogen) atoms. The molecule has 0 saturated heterocycles. The Hall–Kier alpha value is 2.39. The monoisotopic (exact) mass is 423 g/mol. The second-order valence-electron chi connectivity index (χ2n) is 0. The zero-order chi connectivity index (χ0) is 0. The van der Waals surface area contributed by atoms with E-state index in [1.54, 1.807) is 0 Å². The molecule has 0 aromatic rings. The van der Waals surface area contributed by atoms with Crippen LogP contribution in [0.2, 0.25) is 0 Å². The summed E-state index contributed by atoms with van der Waals surface area (Å²) >= 11 is 0. The summed E-state index contributed by atoms with van der Waals surface area (Å²) in [5.41, 5.74) is 0. The summed E-state index contributed by atoms with van der Waals surface area (Å²) in [6, 6.07) is 0. The van der Waals surface area contributed by atoms with Crippen LogP contribution in [0, 0.1) is 0 Å². The summed E-state index contributed by atoms with van der Waals surface area (Å²) in [6.07, 6.45) is 0. The SMILES string of the molecule is [Cl-].[Cl-].[Cl-].[Cl-].[Cl-].[Cl-].[NH4+].[Pt+4]. The van der Waals surface area contributed by atoms with Gasteiger partial charge in [0.05, 0.1) is 0 Å². The molecule has 4 N–H and O–H groups in total. The van der Waals surface area contributed by atoms with E-state index in [1.165, 1.54) is 0 Å². The molecule has 1 nitrogen and oxygen atoms in total. The van der Waals surface area contributed by atoms with Crippen LogP contribution in [0.5, 0.6) is 0 Å². The summed E-state index contributed by atoms with van der Waals surface area (Å²) < 4.78 is 0. The molecule has 0 radical (unpaired) electrons. The quantitative estimate of drug-likeness (QED) is 0.400. The molecule has 0 rings (SSSR count). The zero-order valence-corrected chi connectivity index (χ0v) is 10.4. The molecule has 0 amide bonds. The minimum absolute atomic E-state index is 0. The van der Waals surface area contributed by atoms with Gasteiger partial charge in [0.1, 0.15) is 0 Å². The maximum absolute atomic E-state index is 0. The average molecular weight is 426 g/mol. The van der Waals surface area contributed by atoms with Gasteiger partial charge in [0.2, 0.25) is 0 Å². The molecule has 62 valence electrons. The van der Waals surface area contributed by atoms with Crippen molar-refractivity contribution in [1.82, 2.24) is 6.15 Å². The number of hydrogen-bond acceptors (Lipinski definition) is 0. The molecule has 0 fully saturated rings. The van der Waals surface area contributed by atoms with Gasteiger partial charge in [-0.3, -0.25) is 0 Å². The predicted molar refractivity (Wildman–Crippen MR) is 5.98 cm³/mol. The van der Waals surface area contributed by atoms with Gasteiger partial charge >= 0.3 is 21.1 Å². The number of hydrogen-bond donors (Lipinski definition) is 1. The predicted octanol–water partition coefficient (Wildman–Crippen LogP) is -17.6. The molecule has 0 aliphatic rings. The van der Waals surface area contributed by atoms with Gasteiger partial charge in [-0.25, -0.2) is 0 Å². The maximum atomic E-state index is 0. The van der Waals surface area contributed by atoms with E-state index in [4.69, 9.17) is 0 Å². The minimum atomic E-state index is 0. The molecule has 0 aromatic heterocycles. The minimum Gasteiger partial charge on any atom is -1.00 e. The van der Waals surface area contributed by atoms with Crippen LogP contribution >= 0.6 is 0 Å². The Morgan fingerprint density at radius 3 is 0.375 bits per heavy atom. The Labute approximate surface area is 101 Å². The van der Waals surface area contributed by atoms with Crippen LogP contribution < -0.4 is 80.6 Å². The molecule has 0 aromatic carbocycles. The van der Waals surface area contributed by atoms with E-state index in [2.05, 4.69) is 0 Å². The molecule has 0 aliphatic heterocycles. The number of quaternary nitrogens is 1. The van der Waals surface area contributed by atoms with Gasteiger partial charge in [-0.2, -0.15) is 0 Å². The molecule has 0 heterocycles. The van der Waals surface area contributed by atoms with E-state index in [9.17, 15) is 0 Å². The average Bonchev–Trinajstić information content (AvgIpc) is 0. The Morgan fingerprint density at radius 1 is 0.375 bits per heavy atom. The van der Waals surface area contributed by atoms with Crippen LogP contribution in [0.1, 0.15) is 0 Å². The number of halogens is 6. The van der Waals surface area contributed by atoms with Gasteiger partial charge < -0.3 is 80.6 Å². The molecular formula is H4Cl6NPt-. The summed E-state index contributed by atoms with van der Waals surface area (Å²) in [6.45, 7) is 0. The summed E-state index contributed by atoms with van der Waals surface area (Å²) in [4.78, 5) is 0. The van der Waals surface area contributed by atoms with E-state index in [1.807, 2.05) is 0 Å². The van der Waals surface area contributed by atoms with Gasteiger partial charge in [-0.05, 0) is 0 Å². The molecule has 0 unspecified atom stereocenters. The first-order chi connectivity index (χ1) is 0. The van der Waals surface area contributed by atoms with Crippen molar-refractivity contribution in [3.8, 4) is 0 Å². The topological polar surface area (TPSA) is 36.5 Å². The van der Waals surface area contributed by atoms with E-state index in [0.29, 0.717) is 0 Å². The molecular weight excluding hydrogens is 422 g/mol. The fourth-order valence-corrected chi connectivity index (χ4v) is 0. The Morgan fingerprint density at radius 2 is 0.375 bits per heavy atom. The molecule has 0 aliphatic carbocycles. The normalized spacial score (nSPS) is 0.